The van der Waals surface area contributed by atoms with E-state index in [1.165, 1.54) is 5.38 Å². The Morgan fingerprint density at radius 3 is 2.37 bits per heavy atom. The molecule has 0 spiro atoms. The van der Waals surface area contributed by atoms with Gasteiger partial charge in [0, 0.05) is 17.7 Å². The molecule has 1 aliphatic rings. The zero-order valence-electron chi connectivity index (χ0n) is 18.9. The van der Waals surface area contributed by atoms with Gasteiger partial charge in [0.15, 0.2) is 5.69 Å². The van der Waals surface area contributed by atoms with E-state index in [-0.39, 0.29) is 31.2 Å². The van der Waals surface area contributed by atoms with Gasteiger partial charge >= 0.3 is 12.1 Å². The summed E-state index contributed by atoms with van der Waals surface area (Å²) in [6.45, 7) is 1.81. The van der Waals surface area contributed by atoms with E-state index >= 15 is 0 Å². The topological polar surface area (TPSA) is 118 Å². The lowest BCUT2D eigenvalue weighted by Crippen LogP contribution is -2.46. The molecule has 0 saturated heterocycles. The number of rotatable bonds is 8. The third kappa shape index (κ3) is 5.50. The number of carboxylic acids is 1. The molecule has 3 N–H and O–H groups in total. The third-order valence-corrected chi connectivity index (χ3v) is 6.47. The van der Waals surface area contributed by atoms with Crippen molar-refractivity contribution >= 4 is 29.3 Å². The van der Waals surface area contributed by atoms with Crippen molar-refractivity contribution in [1.29, 1.82) is 0 Å². The SMILES string of the molecule is CC#CCC(NC(=O)OCC1c2ccccc2-c2ccccc21)C(=O)NCc1nc(C(=O)O)cs1. The van der Waals surface area contributed by atoms with Gasteiger partial charge in [-0.3, -0.25) is 4.79 Å². The van der Waals surface area contributed by atoms with Crippen LogP contribution in [0.5, 0.6) is 0 Å². The number of ether oxygens (including phenoxy) is 1. The smallest absolute Gasteiger partial charge is 0.407 e. The highest BCUT2D eigenvalue weighted by atomic mass is 32.1. The van der Waals surface area contributed by atoms with Crippen LogP contribution in [0.3, 0.4) is 0 Å². The lowest BCUT2D eigenvalue weighted by Gasteiger charge is -2.18. The predicted octanol–water partition coefficient (Wildman–Crippen LogP) is 3.78. The van der Waals surface area contributed by atoms with Gasteiger partial charge in [0.25, 0.3) is 0 Å². The average molecular weight is 490 g/mol. The first-order valence-corrected chi connectivity index (χ1v) is 11.8. The van der Waals surface area contributed by atoms with Gasteiger partial charge in [0.1, 0.15) is 17.7 Å². The van der Waals surface area contributed by atoms with Crippen molar-refractivity contribution in [3.63, 3.8) is 0 Å². The molecule has 0 saturated carbocycles. The quantitative estimate of drug-likeness (QED) is 0.415. The molecule has 1 heterocycles. The molecular weight excluding hydrogens is 466 g/mol. The number of amides is 2. The summed E-state index contributed by atoms with van der Waals surface area (Å²) in [5, 5.41) is 16.1. The van der Waals surface area contributed by atoms with Crippen molar-refractivity contribution in [3.8, 4) is 23.0 Å². The van der Waals surface area contributed by atoms with Crippen LogP contribution in [-0.4, -0.2) is 40.7 Å². The van der Waals surface area contributed by atoms with Gasteiger partial charge < -0.3 is 20.5 Å². The van der Waals surface area contributed by atoms with Gasteiger partial charge in [-0.05, 0) is 29.2 Å². The summed E-state index contributed by atoms with van der Waals surface area (Å²) in [4.78, 5) is 40.2. The van der Waals surface area contributed by atoms with Crippen molar-refractivity contribution in [3.05, 3.63) is 75.7 Å². The van der Waals surface area contributed by atoms with Gasteiger partial charge in [0.05, 0.1) is 6.54 Å². The molecule has 1 atom stereocenters. The monoisotopic (exact) mass is 489 g/mol. The van der Waals surface area contributed by atoms with Gasteiger partial charge in [-0.15, -0.1) is 23.2 Å². The Labute approximate surface area is 206 Å². The number of fused-ring (bicyclic) bond motifs is 3. The van der Waals surface area contributed by atoms with Gasteiger partial charge in [-0.2, -0.15) is 0 Å². The number of alkyl carbamates (subject to hydrolysis) is 1. The first kappa shape index (κ1) is 24.0. The summed E-state index contributed by atoms with van der Waals surface area (Å²) in [6.07, 6.45) is -0.613. The second kappa shape index (κ2) is 10.8. The summed E-state index contributed by atoms with van der Waals surface area (Å²) in [7, 11) is 0. The molecule has 3 aromatic rings. The maximum Gasteiger partial charge on any atom is 0.407 e. The maximum absolute atomic E-state index is 12.7. The van der Waals surface area contributed by atoms with Crippen LogP contribution < -0.4 is 10.6 Å². The zero-order chi connectivity index (χ0) is 24.8. The van der Waals surface area contributed by atoms with E-state index in [1.54, 1.807) is 6.92 Å². The van der Waals surface area contributed by atoms with E-state index < -0.39 is 24.0 Å². The van der Waals surface area contributed by atoms with E-state index in [1.807, 2.05) is 36.4 Å². The van der Waals surface area contributed by atoms with E-state index in [4.69, 9.17) is 9.84 Å². The van der Waals surface area contributed by atoms with Crippen LogP contribution in [0.4, 0.5) is 4.79 Å². The highest BCUT2D eigenvalue weighted by Gasteiger charge is 2.29. The number of hydrogen-bond acceptors (Lipinski definition) is 6. The standard InChI is InChI=1S/C26H23N3O5S/c1-2-3-12-21(24(30)27-13-23-28-22(15-35-23)25(31)32)29-26(33)34-14-20-18-10-6-4-8-16(18)17-9-5-7-11-19(17)20/h4-11,15,20-21H,12-14H2,1H3,(H,27,30)(H,29,33)(H,31,32). The first-order chi connectivity index (χ1) is 17.0. The molecule has 0 fully saturated rings. The highest BCUT2D eigenvalue weighted by Crippen LogP contribution is 2.44. The molecule has 1 unspecified atom stereocenters. The number of hydrogen-bond donors (Lipinski definition) is 3. The van der Waals surface area contributed by atoms with Crippen LogP contribution in [0, 0.1) is 11.8 Å². The minimum absolute atomic E-state index is 0.0409. The Hall–Kier alpha value is -4.16. The fraction of sp³-hybridized carbons (Fsp3) is 0.231. The predicted molar refractivity (Wildman–Crippen MR) is 131 cm³/mol. The van der Waals surface area contributed by atoms with Crippen molar-refractivity contribution in [2.45, 2.75) is 31.8 Å². The number of benzene rings is 2. The third-order valence-electron chi connectivity index (χ3n) is 5.62. The first-order valence-electron chi connectivity index (χ1n) is 10.9. The second-order valence-electron chi connectivity index (χ2n) is 7.80. The summed E-state index contributed by atoms with van der Waals surface area (Å²) in [5.74, 6) is 3.83. The van der Waals surface area contributed by atoms with Crippen LogP contribution in [0.2, 0.25) is 0 Å². The van der Waals surface area contributed by atoms with Crippen LogP contribution in [0.1, 0.15) is 45.9 Å². The molecule has 9 heteroatoms. The lowest BCUT2D eigenvalue weighted by molar-refractivity contribution is -0.123. The number of thiazole rings is 1. The number of nitrogens with zero attached hydrogens (tertiary/aromatic N) is 1. The molecule has 1 aromatic heterocycles. The molecule has 8 nitrogen and oxygen atoms in total. The summed E-state index contributed by atoms with van der Waals surface area (Å²) in [5.41, 5.74) is 4.36. The van der Waals surface area contributed by atoms with Gasteiger partial charge in [-0.1, -0.05) is 48.5 Å². The van der Waals surface area contributed by atoms with Crippen LogP contribution in [0.25, 0.3) is 11.1 Å². The average Bonchev–Trinajstić information content (AvgIpc) is 3.47. The minimum atomic E-state index is -1.13. The molecule has 4 rings (SSSR count). The normalized spacial score (nSPS) is 12.5. The number of aromatic carboxylic acids is 1. The van der Waals surface area contributed by atoms with E-state index in [0.717, 1.165) is 33.6 Å². The number of aromatic nitrogens is 1. The number of nitrogens with one attached hydrogen (secondary N) is 2. The molecule has 2 amide bonds. The molecule has 0 aliphatic heterocycles. The van der Waals surface area contributed by atoms with Crippen LogP contribution in [0.15, 0.2) is 53.9 Å². The molecule has 1 aliphatic carbocycles. The van der Waals surface area contributed by atoms with Crippen LogP contribution >= 0.6 is 11.3 Å². The molecule has 0 bridgehead atoms. The van der Waals surface area contributed by atoms with Crippen molar-refractivity contribution in [2.24, 2.45) is 0 Å². The van der Waals surface area contributed by atoms with E-state index in [0.29, 0.717) is 5.01 Å². The Morgan fingerprint density at radius 1 is 1.11 bits per heavy atom. The second-order valence-corrected chi connectivity index (χ2v) is 8.75. The summed E-state index contributed by atoms with van der Waals surface area (Å²) >= 11 is 1.13. The van der Waals surface area contributed by atoms with E-state index in [2.05, 4.69) is 39.6 Å². The fourth-order valence-corrected chi connectivity index (χ4v) is 4.68. The summed E-state index contributed by atoms with van der Waals surface area (Å²) in [6, 6.07) is 15.1. The molecule has 35 heavy (non-hydrogen) atoms. The van der Waals surface area contributed by atoms with Crippen molar-refractivity contribution in [2.75, 3.05) is 6.61 Å². The fourth-order valence-electron chi connectivity index (χ4n) is 3.97. The Morgan fingerprint density at radius 2 is 1.77 bits per heavy atom. The molecule has 0 radical (unpaired) electrons. The van der Waals surface area contributed by atoms with E-state index in [9.17, 15) is 14.4 Å². The molecular formula is C26H23N3O5S. The van der Waals surface area contributed by atoms with Gasteiger partial charge in [-0.25, -0.2) is 14.6 Å². The number of carbonyl (C=O) groups excluding carboxylic acids is 2. The van der Waals surface area contributed by atoms with Crippen molar-refractivity contribution in [1.82, 2.24) is 15.6 Å². The maximum atomic E-state index is 12.7. The highest BCUT2D eigenvalue weighted by molar-refractivity contribution is 7.09. The Kier molecular flexibility index (Phi) is 7.43. The van der Waals surface area contributed by atoms with Gasteiger partial charge in [0.2, 0.25) is 5.91 Å². The molecule has 2 aromatic carbocycles. The number of carboxylic acid groups (broad SMARTS) is 1. The Bertz CT molecular complexity index is 1280. The number of carbonyl (C=O) groups is 3. The Balaban J connectivity index is 1.37. The minimum Gasteiger partial charge on any atom is -0.476 e. The summed E-state index contributed by atoms with van der Waals surface area (Å²) < 4.78 is 5.54. The lowest BCUT2D eigenvalue weighted by atomic mass is 9.98. The molecule has 178 valence electrons. The largest absolute Gasteiger partial charge is 0.476 e. The zero-order valence-corrected chi connectivity index (χ0v) is 19.7. The van der Waals surface area contributed by atoms with Crippen molar-refractivity contribution < 1.29 is 24.2 Å². The van der Waals surface area contributed by atoms with Crippen LogP contribution in [-0.2, 0) is 16.1 Å².